The van der Waals surface area contributed by atoms with E-state index in [-0.39, 0.29) is 5.69 Å². The van der Waals surface area contributed by atoms with Gasteiger partial charge in [0.05, 0.1) is 15.1 Å². The minimum Gasteiger partial charge on any atom is -0.397 e. The Kier molecular flexibility index (Phi) is 3.10. The number of benzene rings is 1. The summed E-state index contributed by atoms with van der Waals surface area (Å²) in [6.45, 7) is 2.72. The molecular formula is C10H11N3O3S. The molecule has 2 rings (SSSR count). The lowest BCUT2D eigenvalue weighted by Gasteiger charge is -1.99. The van der Waals surface area contributed by atoms with Crippen molar-refractivity contribution in [1.29, 1.82) is 0 Å². The molecule has 0 N–H and O–H groups in total. The molecule has 1 heterocycles. The summed E-state index contributed by atoms with van der Waals surface area (Å²) < 4.78 is 2.78. The number of thiazole rings is 1. The van der Waals surface area contributed by atoms with Crippen molar-refractivity contribution in [3.05, 3.63) is 33.1 Å². The number of nitro benzene ring substituents is 1. The Bertz CT molecular complexity index is 629. The van der Waals surface area contributed by atoms with Gasteiger partial charge in [-0.1, -0.05) is 16.5 Å². The number of hydrogen-bond donors (Lipinski definition) is 0. The summed E-state index contributed by atoms with van der Waals surface area (Å²) in [4.78, 5) is 15.7. The van der Waals surface area contributed by atoms with Crippen LogP contribution in [0.5, 0.6) is 0 Å². The summed E-state index contributed by atoms with van der Waals surface area (Å²) in [6.07, 6.45) is 0. The Labute approximate surface area is 101 Å². The molecule has 0 saturated carbocycles. The van der Waals surface area contributed by atoms with Crippen LogP contribution in [0.1, 0.15) is 6.92 Å². The monoisotopic (exact) mass is 253 g/mol. The van der Waals surface area contributed by atoms with Crippen LogP contribution in [0.15, 0.2) is 23.4 Å². The predicted octanol–water partition coefficient (Wildman–Crippen LogP) is 2.09. The fraction of sp³-hybridized carbons (Fsp3) is 0.300. The molecule has 1 aromatic heterocycles. The van der Waals surface area contributed by atoms with Crippen LogP contribution in [0.2, 0.25) is 0 Å². The fourth-order valence-corrected chi connectivity index (χ4v) is 2.74. The molecule has 0 amide bonds. The van der Waals surface area contributed by atoms with Crippen LogP contribution in [0.3, 0.4) is 0 Å². The lowest BCUT2D eigenvalue weighted by Crippen LogP contribution is -2.13. The number of nitrogens with zero attached hydrogens (tertiary/aromatic N) is 3. The Morgan fingerprint density at radius 3 is 2.94 bits per heavy atom. The van der Waals surface area contributed by atoms with Crippen molar-refractivity contribution < 1.29 is 9.76 Å². The summed E-state index contributed by atoms with van der Waals surface area (Å²) in [6, 6.07) is 4.79. The van der Waals surface area contributed by atoms with Gasteiger partial charge in [-0.05, 0) is 13.0 Å². The van der Waals surface area contributed by atoms with E-state index >= 15 is 0 Å². The summed E-state index contributed by atoms with van der Waals surface area (Å²) in [5.74, 6) is 0. The predicted molar refractivity (Wildman–Crippen MR) is 64.7 cm³/mol. The number of fused-ring (bicyclic) bond motifs is 1. The Balaban J connectivity index is 2.73. The van der Waals surface area contributed by atoms with E-state index in [0.717, 1.165) is 16.8 Å². The van der Waals surface area contributed by atoms with E-state index in [2.05, 4.69) is 5.16 Å². The molecule has 7 heteroatoms. The zero-order chi connectivity index (χ0) is 12.4. The highest BCUT2D eigenvalue weighted by molar-refractivity contribution is 7.16. The molecule has 0 aliphatic rings. The maximum absolute atomic E-state index is 10.7. The van der Waals surface area contributed by atoms with Crippen molar-refractivity contribution in [2.24, 2.45) is 5.16 Å². The zero-order valence-corrected chi connectivity index (χ0v) is 10.2. The van der Waals surface area contributed by atoms with Gasteiger partial charge in [0.2, 0.25) is 4.80 Å². The van der Waals surface area contributed by atoms with Crippen molar-refractivity contribution in [2.75, 3.05) is 7.11 Å². The van der Waals surface area contributed by atoms with Crippen LogP contribution in [-0.2, 0) is 11.4 Å². The van der Waals surface area contributed by atoms with Gasteiger partial charge >= 0.3 is 0 Å². The van der Waals surface area contributed by atoms with Crippen LogP contribution < -0.4 is 4.80 Å². The second-order valence-corrected chi connectivity index (χ2v) is 4.32. The molecule has 0 aliphatic heterocycles. The van der Waals surface area contributed by atoms with E-state index in [1.807, 2.05) is 11.5 Å². The van der Waals surface area contributed by atoms with Gasteiger partial charge in [0.15, 0.2) is 0 Å². The molecular weight excluding hydrogens is 242 g/mol. The van der Waals surface area contributed by atoms with Crippen LogP contribution >= 0.6 is 11.3 Å². The molecule has 1 aromatic carbocycles. The van der Waals surface area contributed by atoms with Gasteiger partial charge in [-0.3, -0.25) is 10.1 Å². The van der Waals surface area contributed by atoms with Crippen molar-refractivity contribution in [3.8, 4) is 0 Å². The zero-order valence-electron chi connectivity index (χ0n) is 9.41. The van der Waals surface area contributed by atoms with Crippen molar-refractivity contribution in [2.45, 2.75) is 13.5 Å². The second kappa shape index (κ2) is 4.54. The van der Waals surface area contributed by atoms with Crippen LogP contribution in [-0.4, -0.2) is 16.6 Å². The molecule has 90 valence electrons. The summed E-state index contributed by atoms with van der Waals surface area (Å²) in [7, 11) is 1.48. The minimum absolute atomic E-state index is 0.0889. The average Bonchev–Trinajstić information content (AvgIpc) is 2.65. The molecule has 0 fully saturated rings. The van der Waals surface area contributed by atoms with Crippen molar-refractivity contribution in [3.63, 3.8) is 0 Å². The van der Waals surface area contributed by atoms with Gasteiger partial charge in [-0.2, -0.15) is 0 Å². The molecule has 0 unspecified atom stereocenters. The summed E-state index contributed by atoms with van der Waals surface area (Å²) >= 11 is 1.37. The number of nitro groups is 1. The molecule has 2 aromatic rings. The van der Waals surface area contributed by atoms with Crippen LogP contribution in [0.25, 0.3) is 10.2 Å². The third-order valence-electron chi connectivity index (χ3n) is 2.36. The second-order valence-electron chi connectivity index (χ2n) is 3.31. The third-order valence-corrected chi connectivity index (χ3v) is 3.39. The van der Waals surface area contributed by atoms with Gasteiger partial charge in [-0.15, -0.1) is 0 Å². The van der Waals surface area contributed by atoms with Gasteiger partial charge in [0.1, 0.15) is 7.11 Å². The highest BCUT2D eigenvalue weighted by Crippen LogP contribution is 2.23. The quantitative estimate of drug-likeness (QED) is 0.621. The molecule has 17 heavy (non-hydrogen) atoms. The number of non-ortho nitro benzene ring substituents is 1. The number of aryl methyl sites for hydroxylation is 1. The maximum atomic E-state index is 10.7. The Hall–Kier alpha value is -1.89. The molecule has 6 nitrogen and oxygen atoms in total. The van der Waals surface area contributed by atoms with E-state index < -0.39 is 4.92 Å². The molecule has 0 spiro atoms. The van der Waals surface area contributed by atoms with Gasteiger partial charge in [0, 0.05) is 18.7 Å². The lowest BCUT2D eigenvalue weighted by atomic mass is 10.3. The first kappa shape index (κ1) is 11.6. The lowest BCUT2D eigenvalue weighted by molar-refractivity contribution is -0.384. The average molecular weight is 253 g/mol. The SMILES string of the molecule is CCn1c(=NOC)sc2cc([N+](=O)[O-])ccc21. The molecule has 0 saturated heterocycles. The van der Waals surface area contributed by atoms with Gasteiger partial charge < -0.3 is 9.40 Å². The molecule has 0 atom stereocenters. The standard InChI is InChI=1S/C10H11N3O3S/c1-3-12-8-5-4-7(13(14)15)6-9(8)17-10(12)11-16-2/h4-6H,3H2,1-2H3. The van der Waals surface area contributed by atoms with E-state index in [9.17, 15) is 10.1 Å². The fourth-order valence-electron chi connectivity index (χ4n) is 1.63. The van der Waals surface area contributed by atoms with E-state index in [1.54, 1.807) is 12.1 Å². The summed E-state index contributed by atoms with van der Waals surface area (Å²) in [5.41, 5.74) is 1.02. The maximum Gasteiger partial charge on any atom is 0.270 e. The first-order chi connectivity index (χ1) is 8.17. The van der Waals surface area contributed by atoms with Crippen molar-refractivity contribution >= 4 is 27.2 Å². The topological polar surface area (TPSA) is 69.7 Å². The Morgan fingerprint density at radius 2 is 2.35 bits per heavy atom. The summed E-state index contributed by atoms with van der Waals surface area (Å²) in [5, 5.41) is 14.6. The highest BCUT2D eigenvalue weighted by atomic mass is 32.1. The smallest absolute Gasteiger partial charge is 0.270 e. The van der Waals surface area contributed by atoms with E-state index in [4.69, 9.17) is 4.84 Å². The van der Waals surface area contributed by atoms with E-state index in [0.29, 0.717) is 4.80 Å². The first-order valence-corrected chi connectivity index (χ1v) is 5.84. The molecule has 0 bridgehead atoms. The van der Waals surface area contributed by atoms with Crippen LogP contribution in [0.4, 0.5) is 5.69 Å². The number of rotatable bonds is 3. The van der Waals surface area contributed by atoms with Crippen molar-refractivity contribution in [1.82, 2.24) is 4.57 Å². The highest BCUT2D eigenvalue weighted by Gasteiger charge is 2.10. The van der Waals surface area contributed by atoms with E-state index in [1.165, 1.54) is 24.5 Å². The Morgan fingerprint density at radius 1 is 1.59 bits per heavy atom. The van der Waals surface area contributed by atoms with Crippen LogP contribution in [0, 0.1) is 10.1 Å². The number of aromatic nitrogens is 1. The molecule has 0 radical (unpaired) electrons. The van der Waals surface area contributed by atoms with Gasteiger partial charge in [0.25, 0.3) is 5.69 Å². The largest absolute Gasteiger partial charge is 0.397 e. The first-order valence-electron chi connectivity index (χ1n) is 5.02. The number of hydrogen-bond acceptors (Lipinski definition) is 5. The minimum atomic E-state index is -0.400. The third kappa shape index (κ3) is 2.01. The molecule has 0 aliphatic carbocycles. The van der Waals surface area contributed by atoms with Gasteiger partial charge in [-0.25, -0.2) is 0 Å². The normalized spacial score (nSPS) is 12.0.